The fourth-order valence-electron chi connectivity index (χ4n) is 5.02. The first-order valence-corrected chi connectivity index (χ1v) is 12.0. The van der Waals surface area contributed by atoms with Crippen LogP contribution in [-0.2, 0) is 12.8 Å². The van der Waals surface area contributed by atoms with Gasteiger partial charge in [0, 0.05) is 11.1 Å². The Morgan fingerprint density at radius 2 is 1.67 bits per heavy atom. The van der Waals surface area contributed by atoms with Gasteiger partial charge in [-0.2, -0.15) is 5.10 Å². The number of hydrogen-bond acceptors (Lipinski definition) is 4. The summed E-state index contributed by atoms with van der Waals surface area (Å²) in [6.07, 6.45) is 2.72. The van der Waals surface area contributed by atoms with E-state index < -0.39 is 5.91 Å². The topological polar surface area (TPSA) is 84.3 Å². The summed E-state index contributed by atoms with van der Waals surface area (Å²) in [5.74, 6) is -0.502. The van der Waals surface area contributed by atoms with E-state index in [4.69, 9.17) is 5.10 Å². The molecule has 1 aliphatic carbocycles. The molecule has 7 heteroatoms. The number of carbonyl (C=O) groups excluding carboxylic acids is 3. The first kappa shape index (κ1) is 22.0. The number of anilines is 2. The van der Waals surface area contributed by atoms with Crippen LogP contribution < -0.4 is 10.2 Å². The zero-order valence-corrected chi connectivity index (χ0v) is 20.0. The quantitative estimate of drug-likeness (QED) is 0.419. The number of aromatic nitrogens is 2. The van der Waals surface area contributed by atoms with E-state index in [1.807, 2.05) is 62.4 Å². The second-order valence-electron chi connectivity index (χ2n) is 9.32. The van der Waals surface area contributed by atoms with Gasteiger partial charge in [-0.15, -0.1) is 0 Å². The summed E-state index contributed by atoms with van der Waals surface area (Å²) in [4.78, 5) is 41.0. The zero-order valence-electron chi connectivity index (χ0n) is 20.0. The lowest BCUT2D eigenvalue weighted by atomic mass is 10.1. The van der Waals surface area contributed by atoms with Gasteiger partial charge < -0.3 is 5.32 Å². The Hall–Kier alpha value is -4.52. The minimum Gasteiger partial charge on any atom is -0.306 e. The highest BCUT2D eigenvalue weighted by molar-refractivity contribution is 6.35. The van der Waals surface area contributed by atoms with E-state index in [0.717, 1.165) is 47.3 Å². The average Bonchev–Trinajstić information content (AvgIpc) is 3.55. The average molecular weight is 477 g/mol. The Kier molecular flexibility index (Phi) is 5.07. The van der Waals surface area contributed by atoms with Crippen molar-refractivity contribution < 1.29 is 14.4 Å². The van der Waals surface area contributed by atoms with Crippen LogP contribution in [0, 0.1) is 13.8 Å². The number of rotatable bonds is 4. The van der Waals surface area contributed by atoms with Crippen LogP contribution in [0.25, 0.3) is 5.69 Å². The normalized spacial score (nSPS) is 14.2. The van der Waals surface area contributed by atoms with Gasteiger partial charge in [-0.1, -0.05) is 30.3 Å². The third kappa shape index (κ3) is 3.43. The van der Waals surface area contributed by atoms with Crippen LogP contribution in [0.1, 0.15) is 59.9 Å². The van der Waals surface area contributed by atoms with Crippen LogP contribution in [0.2, 0.25) is 0 Å². The first-order chi connectivity index (χ1) is 17.4. The van der Waals surface area contributed by atoms with Gasteiger partial charge in [-0.05, 0) is 80.6 Å². The van der Waals surface area contributed by atoms with Gasteiger partial charge in [-0.25, -0.2) is 9.58 Å². The summed E-state index contributed by atoms with van der Waals surface area (Å²) in [7, 11) is 0. The van der Waals surface area contributed by atoms with Crippen LogP contribution >= 0.6 is 0 Å². The van der Waals surface area contributed by atoms with Crippen LogP contribution in [-0.4, -0.2) is 27.5 Å². The van der Waals surface area contributed by atoms with Crippen molar-refractivity contribution in [1.29, 1.82) is 0 Å². The van der Waals surface area contributed by atoms with Crippen LogP contribution in [0.5, 0.6) is 0 Å². The molecule has 1 aliphatic heterocycles. The molecule has 0 unspecified atom stereocenters. The van der Waals surface area contributed by atoms with Gasteiger partial charge in [0.25, 0.3) is 17.7 Å². The fourth-order valence-corrected chi connectivity index (χ4v) is 5.02. The highest BCUT2D eigenvalue weighted by Gasteiger charge is 2.38. The number of para-hydroxylation sites is 1. The van der Waals surface area contributed by atoms with Gasteiger partial charge in [-0.3, -0.25) is 14.4 Å². The molecule has 3 aromatic carbocycles. The molecule has 0 saturated carbocycles. The van der Waals surface area contributed by atoms with E-state index in [0.29, 0.717) is 22.6 Å². The lowest BCUT2D eigenvalue weighted by Gasteiger charge is -2.17. The Morgan fingerprint density at radius 1 is 0.889 bits per heavy atom. The maximum atomic E-state index is 13.4. The molecule has 6 rings (SSSR count). The molecule has 4 aromatic rings. The van der Waals surface area contributed by atoms with Crippen molar-refractivity contribution in [3.05, 3.63) is 106 Å². The molecule has 0 bridgehead atoms. The van der Waals surface area contributed by atoms with Crippen LogP contribution in [0.4, 0.5) is 11.5 Å². The summed E-state index contributed by atoms with van der Waals surface area (Å²) in [5.41, 5.74) is 6.09. The number of carbonyl (C=O) groups is 3. The predicted molar refractivity (Wildman–Crippen MR) is 137 cm³/mol. The highest BCUT2D eigenvalue weighted by Crippen LogP contribution is 2.33. The smallest absolute Gasteiger partial charge is 0.266 e. The number of fused-ring (bicyclic) bond motifs is 2. The van der Waals surface area contributed by atoms with Gasteiger partial charge in [0.1, 0.15) is 5.82 Å². The van der Waals surface area contributed by atoms with E-state index in [1.165, 1.54) is 11.0 Å². The molecule has 0 saturated heterocycles. The van der Waals surface area contributed by atoms with Crippen LogP contribution in [0.3, 0.4) is 0 Å². The fraction of sp³-hybridized carbons (Fsp3) is 0.172. The van der Waals surface area contributed by atoms with Crippen molar-refractivity contribution in [2.45, 2.75) is 33.1 Å². The van der Waals surface area contributed by atoms with E-state index in [2.05, 4.69) is 5.32 Å². The van der Waals surface area contributed by atoms with Crippen molar-refractivity contribution in [3.63, 3.8) is 0 Å². The highest BCUT2D eigenvalue weighted by atomic mass is 16.2. The molecule has 1 N–H and O–H groups in total. The molecule has 36 heavy (non-hydrogen) atoms. The molecule has 178 valence electrons. The number of aryl methyl sites for hydroxylation is 3. The lowest BCUT2D eigenvalue weighted by Crippen LogP contribution is -2.30. The summed E-state index contributed by atoms with van der Waals surface area (Å²) < 4.78 is 1.77. The van der Waals surface area contributed by atoms with Crippen molar-refractivity contribution in [1.82, 2.24) is 9.78 Å². The Balaban J connectivity index is 1.34. The summed E-state index contributed by atoms with van der Waals surface area (Å²) in [6, 6.07) is 20.0. The molecule has 0 fully saturated rings. The number of nitrogens with zero attached hydrogens (tertiary/aromatic N) is 3. The molecule has 2 heterocycles. The Bertz CT molecular complexity index is 1570. The summed E-state index contributed by atoms with van der Waals surface area (Å²) >= 11 is 0. The molecule has 0 spiro atoms. The largest absolute Gasteiger partial charge is 0.306 e. The predicted octanol–water partition coefficient (Wildman–Crippen LogP) is 5.03. The third-order valence-corrected chi connectivity index (χ3v) is 6.89. The summed E-state index contributed by atoms with van der Waals surface area (Å²) in [6.45, 7) is 3.78. The van der Waals surface area contributed by atoms with E-state index in [9.17, 15) is 14.4 Å². The Labute approximate surface area is 208 Å². The van der Waals surface area contributed by atoms with E-state index in [-0.39, 0.29) is 17.4 Å². The molecule has 0 radical (unpaired) electrons. The molecule has 2 aliphatic rings. The second kappa shape index (κ2) is 8.30. The molecule has 3 amide bonds. The third-order valence-electron chi connectivity index (χ3n) is 6.89. The minimum absolute atomic E-state index is 0.232. The molecule has 1 aromatic heterocycles. The van der Waals surface area contributed by atoms with Crippen molar-refractivity contribution in [2.24, 2.45) is 0 Å². The standard InChI is InChI=1S/C29H24N4O3/c1-17-11-12-18(2)25(15-17)32-28(35)21-14-13-19(16-23(21)29(32)36)27(34)30-26-22-9-6-10-24(22)31-33(26)20-7-4-3-5-8-20/h3-5,7-8,11-16H,6,9-10H2,1-2H3,(H,30,34). The van der Waals surface area contributed by atoms with Crippen molar-refractivity contribution in [3.8, 4) is 5.69 Å². The number of nitrogens with one attached hydrogen (secondary N) is 1. The zero-order chi connectivity index (χ0) is 25.0. The number of hydrogen-bond donors (Lipinski definition) is 1. The Morgan fingerprint density at radius 3 is 2.47 bits per heavy atom. The molecular formula is C29H24N4O3. The SMILES string of the molecule is Cc1ccc(C)c(N2C(=O)c3ccc(C(=O)Nc4c5c(nn4-c4ccccc4)CCC5)cc3C2=O)c1. The van der Waals surface area contributed by atoms with Gasteiger partial charge in [0.15, 0.2) is 0 Å². The van der Waals surface area contributed by atoms with Gasteiger partial charge >= 0.3 is 0 Å². The maximum Gasteiger partial charge on any atom is 0.266 e. The summed E-state index contributed by atoms with van der Waals surface area (Å²) in [5, 5.41) is 7.78. The number of amides is 3. The lowest BCUT2D eigenvalue weighted by molar-refractivity contribution is 0.0925. The maximum absolute atomic E-state index is 13.4. The van der Waals surface area contributed by atoms with Gasteiger partial charge in [0.2, 0.25) is 0 Å². The molecule has 7 nitrogen and oxygen atoms in total. The second-order valence-corrected chi connectivity index (χ2v) is 9.32. The molecular weight excluding hydrogens is 452 g/mol. The van der Waals surface area contributed by atoms with Crippen LogP contribution in [0.15, 0.2) is 66.7 Å². The molecule has 0 atom stereocenters. The van der Waals surface area contributed by atoms with Crippen molar-refractivity contribution >= 4 is 29.2 Å². The van der Waals surface area contributed by atoms with E-state index in [1.54, 1.807) is 16.8 Å². The van der Waals surface area contributed by atoms with Crippen molar-refractivity contribution in [2.75, 3.05) is 10.2 Å². The van der Waals surface area contributed by atoms with Gasteiger partial charge in [0.05, 0.1) is 28.2 Å². The first-order valence-electron chi connectivity index (χ1n) is 12.0. The number of benzene rings is 3. The minimum atomic E-state index is -0.423. The number of imide groups is 1. The van der Waals surface area contributed by atoms with E-state index >= 15 is 0 Å². The monoisotopic (exact) mass is 476 g/mol.